The lowest BCUT2D eigenvalue weighted by molar-refractivity contribution is 0.798. The number of hydrogen-bond donors (Lipinski definition) is 0. The maximum Gasteiger partial charge on any atom is -0.0140 e. The molecule has 0 heterocycles. The fourth-order valence-electron chi connectivity index (χ4n) is 4.06. The third kappa shape index (κ3) is 2.83. The second-order valence-corrected chi connectivity index (χ2v) is 8.16. The van der Waals surface area contributed by atoms with Gasteiger partial charge in [0, 0.05) is 0 Å². The molecule has 0 aliphatic rings. The van der Waals surface area contributed by atoms with Gasteiger partial charge in [-0.05, 0) is 80.6 Å². The van der Waals surface area contributed by atoms with Crippen LogP contribution in [-0.4, -0.2) is 0 Å². The number of aryl methyl sites for hydroxylation is 1. The molecule has 126 valence electrons. The van der Waals surface area contributed by atoms with Crippen LogP contribution >= 0.6 is 0 Å². The molecule has 3 rings (SSSR count). The molecule has 0 N–H and O–H groups in total. The molecule has 0 spiro atoms. The number of hydrogen-bond acceptors (Lipinski definition) is 0. The van der Waals surface area contributed by atoms with Crippen LogP contribution in [0.4, 0.5) is 0 Å². The van der Waals surface area contributed by atoms with Gasteiger partial charge in [0.05, 0.1) is 0 Å². The van der Waals surface area contributed by atoms with E-state index in [0.29, 0.717) is 17.8 Å². The van der Waals surface area contributed by atoms with Gasteiger partial charge in [0.1, 0.15) is 0 Å². The average molecular weight is 319 g/mol. The molecule has 0 heteroatoms. The minimum Gasteiger partial charge on any atom is -0.0587 e. The number of rotatable bonds is 3. The molecule has 24 heavy (non-hydrogen) atoms. The van der Waals surface area contributed by atoms with E-state index in [2.05, 4.69) is 84.9 Å². The van der Waals surface area contributed by atoms with Gasteiger partial charge in [-0.1, -0.05) is 65.8 Å². The van der Waals surface area contributed by atoms with Crippen molar-refractivity contribution in [1.29, 1.82) is 0 Å². The first-order valence-electron chi connectivity index (χ1n) is 9.30. The highest BCUT2D eigenvalue weighted by Crippen LogP contribution is 2.36. The van der Waals surface area contributed by atoms with Crippen molar-refractivity contribution in [3.63, 3.8) is 0 Å². The van der Waals surface area contributed by atoms with Gasteiger partial charge < -0.3 is 0 Å². The summed E-state index contributed by atoms with van der Waals surface area (Å²) in [5.41, 5.74) is 5.89. The quantitative estimate of drug-likeness (QED) is 0.434. The highest BCUT2D eigenvalue weighted by molar-refractivity contribution is 6.00. The van der Waals surface area contributed by atoms with Crippen LogP contribution in [-0.2, 0) is 0 Å². The van der Waals surface area contributed by atoms with Crippen LogP contribution < -0.4 is 0 Å². The molecule has 0 unspecified atom stereocenters. The minimum atomic E-state index is 0.540. The van der Waals surface area contributed by atoms with Crippen molar-refractivity contribution >= 4 is 21.5 Å². The van der Waals surface area contributed by atoms with Gasteiger partial charge in [0.15, 0.2) is 0 Å². The average Bonchev–Trinajstić information content (AvgIpc) is 2.50. The van der Waals surface area contributed by atoms with Crippen LogP contribution in [0.5, 0.6) is 0 Å². The lowest BCUT2D eigenvalue weighted by Crippen LogP contribution is -2.00. The van der Waals surface area contributed by atoms with Gasteiger partial charge in [-0.15, -0.1) is 0 Å². The number of fused-ring (bicyclic) bond motifs is 2. The van der Waals surface area contributed by atoms with Crippen molar-refractivity contribution in [3.05, 3.63) is 58.7 Å². The van der Waals surface area contributed by atoms with Crippen LogP contribution in [0.15, 0.2) is 36.4 Å². The standard InChI is InChI=1S/C24H30/c1-14(2)21-9-8-18-11-19-10-17(7)22(15(3)4)12-20(19)13-23(18)24(21)16(5)6/h8-16H,1-7H3. The van der Waals surface area contributed by atoms with Crippen molar-refractivity contribution in [2.75, 3.05) is 0 Å². The Morgan fingerprint density at radius 1 is 0.583 bits per heavy atom. The Kier molecular flexibility index (Phi) is 4.42. The first-order chi connectivity index (χ1) is 11.3. The van der Waals surface area contributed by atoms with Crippen LogP contribution in [0.25, 0.3) is 21.5 Å². The van der Waals surface area contributed by atoms with Crippen molar-refractivity contribution in [2.24, 2.45) is 0 Å². The maximum atomic E-state index is 2.43. The minimum absolute atomic E-state index is 0.540. The SMILES string of the molecule is Cc1cc2cc3ccc(C(C)C)c(C(C)C)c3cc2cc1C(C)C. The van der Waals surface area contributed by atoms with Gasteiger partial charge >= 0.3 is 0 Å². The molecule has 0 aliphatic heterocycles. The van der Waals surface area contributed by atoms with Gasteiger partial charge in [-0.25, -0.2) is 0 Å². The third-order valence-electron chi connectivity index (χ3n) is 5.26. The summed E-state index contributed by atoms with van der Waals surface area (Å²) in [4.78, 5) is 0. The molecule has 0 aliphatic carbocycles. The summed E-state index contributed by atoms with van der Waals surface area (Å²) in [6.07, 6.45) is 0. The monoisotopic (exact) mass is 318 g/mol. The van der Waals surface area contributed by atoms with E-state index in [0.717, 1.165) is 0 Å². The highest BCUT2D eigenvalue weighted by atomic mass is 14.2. The summed E-state index contributed by atoms with van der Waals surface area (Å²) in [6, 6.07) is 14.2. The first kappa shape index (κ1) is 17.0. The van der Waals surface area contributed by atoms with Crippen molar-refractivity contribution in [3.8, 4) is 0 Å². The summed E-state index contributed by atoms with van der Waals surface area (Å²) in [6.45, 7) is 16.0. The predicted octanol–water partition coefficient (Wildman–Crippen LogP) is 7.67. The van der Waals surface area contributed by atoms with Crippen molar-refractivity contribution in [1.82, 2.24) is 0 Å². The number of benzene rings is 3. The molecular weight excluding hydrogens is 288 g/mol. The lowest BCUT2D eigenvalue weighted by Gasteiger charge is -2.20. The fraction of sp³-hybridized carbons (Fsp3) is 0.417. The Balaban J connectivity index is 2.39. The van der Waals surface area contributed by atoms with E-state index in [4.69, 9.17) is 0 Å². The molecule has 0 amide bonds. The zero-order valence-corrected chi connectivity index (χ0v) is 16.2. The summed E-state index contributed by atoms with van der Waals surface area (Å²) in [5, 5.41) is 5.53. The van der Waals surface area contributed by atoms with Gasteiger partial charge in [-0.3, -0.25) is 0 Å². The molecule has 0 aromatic heterocycles. The molecule has 0 saturated carbocycles. The molecule has 0 fully saturated rings. The van der Waals surface area contributed by atoms with Crippen molar-refractivity contribution < 1.29 is 0 Å². The maximum absolute atomic E-state index is 2.43. The van der Waals surface area contributed by atoms with Crippen LogP contribution in [0.3, 0.4) is 0 Å². The smallest absolute Gasteiger partial charge is 0.0140 e. The van der Waals surface area contributed by atoms with E-state index in [1.165, 1.54) is 43.8 Å². The fourth-order valence-corrected chi connectivity index (χ4v) is 4.06. The lowest BCUT2D eigenvalue weighted by atomic mass is 9.85. The topological polar surface area (TPSA) is 0 Å². The second-order valence-electron chi connectivity index (χ2n) is 8.16. The second kappa shape index (κ2) is 6.24. The van der Waals surface area contributed by atoms with Crippen LogP contribution in [0.2, 0.25) is 0 Å². The van der Waals surface area contributed by atoms with Crippen LogP contribution in [0, 0.1) is 6.92 Å². The molecule has 0 saturated heterocycles. The van der Waals surface area contributed by atoms with E-state index in [1.54, 1.807) is 0 Å². The Hall–Kier alpha value is -1.82. The Morgan fingerprint density at radius 3 is 1.79 bits per heavy atom. The predicted molar refractivity (Wildman–Crippen MR) is 108 cm³/mol. The van der Waals surface area contributed by atoms with E-state index in [-0.39, 0.29) is 0 Å². The van der Waals surface area contributed by atoms with E-state index in [9.17, 15) is 0 Å². The summed E-state index contributed by atoms with van der Waals surface area (Å²) in [7, 11) is 0. The van der Waals surface area contributed by atoms with Crippen LogP contribution in [0.1, 0.15) is 81.5 Å². The molecular formula is C24H30. The van der Waals surface area contributed by atoms with Gasteiger partial charge in [0.25, 0.3) is 0 Å². The first-order valence-corrected chi connectivity index (χ1v) is 9.30. The normalized spacial score (nSPS) is 12.2. The summed E-state index contributed by atoms with van der Waals surface area (Å²) < 4.78 is 0. The Labute approximate surface area is 146 Å². The third-order valence-corrected chi connectivity index (χ3v) is 5.26. The van der Waals surface area contributed by atoms with E-state index in [1.807, 2.05) is 0 Å². The van der Waals surface area contributed by atoms with Gasteiger partial charge in [0.2, 0.25) is 0 Å². The molecule has 0 radical (unpaired) electrons. The molecule has 3 aromatic carbocycles. The zero-order chi connectivity index (χ0) is 17.6. The van der Waals surface area contributed by atoms with E-state index >= 15 is 0 Å². The molecule has 0 bridgehead atoms. The van der Waals surface area contributed by atoms with E-state index < -0.39 is 0 Å². The van der Waals surface area contributed by atoms with Crippen molar-refractivity contribution in [2.45, 2.75) is 66.2 Å². The molecule has 0 atom stereocenters. The Morgan fingerprint density at radius 2 is 1.21 bits per heavy atom. The van der Waals surface area contributed by atoms with Gasteiger partial charge in [-0.2, -0.15) is 0 Å². The summed E-state index contributed by atoms with van der Waals surface area (Å²) in [5.74, 6) is 1.67. The summed E-state index contributed by atoms with van der Waals surface area (Å²) >= 11 is 0. The Bertz CT molecular complexity index is 895. The largest absolute Gasteiger partial charge is 0.0587 e. The molecule has 3 aromatic rings. The zero-order valence-electron chi connectivity index (χ0n) is 16.2. The highest BCUT2D eigenvalue weighted by Gasteiger charge is 2.15. The molecule has 0 nitrogen and oxygen atoms in total.